The fourth-order valence-corrected chi connectivity index (χ4v) is 3.01. The molecule has 0 spiro atoms. The van der Waals surface area contributed by atoms with Crippen LogP contribution in [0, 0.1) is 0 Å². The maximum absolute atomic E-state index is 6.35. The van der Waals surface area contributed by atoms with Crippen LogP contribution in [0.1, 0.15) is 75.5 Å². The van der Waals surface area contributed by atoms with E-state index in [0.717, 1.165) is 25.2 Å². The fraction of sp³-hybridized carbons (Fsp3) is 0.667. The van der Waals surface area contributed by atoms with Gasteiger partial charge in [0.2, 0.25) is 0 Å². The summed E-state index contributed by atoms with van der Waals surface area (Å²) >= 11 is 0. The Hall–Kier alpha value is -1.02. The summed E-state index contributed by atoms with van der Waals surface area (Å²) in [6, 6.07) is 6.55. The molecule has 1 aromatic rings. The van der Waals surface area contributed by atoms with Gasteiger partial charge in [-0.1, -0.05) is 70.1 Å². The highest BCUT2D eigenvalue weighted by molar-refractivity contribution is 5.45. The zero-order chi connectivity index (χ0) is 14.2. The van der Waals surface area contributed by atoms with Crippen LogP contribution >= 0.6 is 0 Å². The van der Waals surface area contributed by atoms with Crippen LogP contribution in [0.25, 0.3) is 0 Å². The molecule has 2 N–H and O–H groups in total. The number of rotatable bonds is 9. The van der Waals surface area contributed by atoms with E-state index in [4.69, 9.17) is 10.5 Å². The summed E-state index contributed by atoms with van der Waals surface area (Å²) in [5.74, 6) is 1.07. The quantitative estimate of drug-likeness (QED) is 0.659. The normalized spacial score (nSPS) is 14.9. The first-order valence-electron chi connectivity index (χ1n) is 8.33. The van der Waals surface area contributed by atoms with Crippen molar-refractivity contribution in [2.24, 2.45) is 5.73 Å². The molecule has 1 aliphatic rings. The smallest absolute Gasteiger partial charge is 0.127 e. The largest absolute Gasteiger partial charge is 0.493 e. The van der Waals surface area contributed by atoms with Crippen molar-refractivity contribution in [3.05, 3.63) is 29.3 Å². The lowest BCUT2D eigenvalue weighted by Gasteiger charge is -2.15. The number of benzene rings is 1. The molecule has 20 heavy (non-hydrogen) atoms. The first-order valence-corrected chi connectivity index (χ1v) is 8.33. The molecule has 1 aromatic carbocycles. The molecule has 0 amide bonds. The molecule has 1 unspecified atom stereocenters. The van der Waals surface area contributed by atoms with Crippen molar-refractivity contribution < 1.29 is 4.74 Å². The summed E-state index contributed by atoms with van der Waals surface area (Å²) in [5.41, 5.74) is 8.90. The molecule has 0 aromatic heterocycles. The Morgan fingerprint density at radius 2 is 1.85 bits per heavy atom. The van der Waals surface area contributed by atoms with E-state index in [9.17, 15) is 0 Å². The minimum absolute atomic E-state index is 0.138. The Labute approximate surface area is 123 Å². The van der Waals surface area contributed by atoms with Gasteiger partial charge in [-0.15, -0.1) is 0 Å². The fourth-order valence-electron chi connectivity index (χ4n) is 3.01. The van der Waals surface area contributed by atoms with E-state index >= 15 is 0 Å². The van der Waals surface area contributed by atoms with Crippen molar-refractivity contribution in [3.8, 4) is 5.75 Å². The van der Waals surface area contributed by atoms with Crippen molar-refractivity contribution in [1.82, 2.24) is 0 Å². The van der Waals surface area contributed by atoms with Gasteiger partial charge in [0.15, 0.2) is 0 Å². The highest BCUT2D eigenvalue weighted by atomic mass is 16.5. The van der Waals surface area contributed by atoms with Crippen LogP contribution in [-0.4, -0.2) is 6.61 Å². The Kier molecular flexibility index (Phi) is 6.38. The molecule has 2 rings (SSSR count). The molecule has 2 heteroatoms. The molecule has 112 valence electrons. The lowest BCUT2D eigenvalue weighted by atomic mass is 9.97. The van der Waals surface area contributed by atoms with Crippen molar-refractivity contribution in [2.75, 3.05) is 6.61 Å². The molecule has 0 aliphatic carbocycles. The predicted molar refractivity (Wildman–Crippen MR) is 85.2 cm³/mol. The first-order chi connectivity index (χ1) is 9.83. The summed E-state index contributed by atoms with van der Waals surface area (Å²) in [4.78, 5) is 0. The second kappa shape index (κ2) is 8.31. The van der Waals surface area contributed by atoms with Gasteiger partial charge in [-0.2, -0.15) is 0 Å². The first kappa shape index (κ1) is 15.4. The van der Waals surface area contributed by atoms with Crippen LogP contribution in [0.15, 0.2) is 18.2 Å². The zero-order valence-corrected chi connectivity index (χ0v) is 12.9. The number of ether oxygens (including phenoxy) is 1. The minimum Gasteiger partial charge on any atom is -0.493 e. The third-order valence-electron chi connectivity index (χ3n) is 4.26. The van der Waals surface area contributed by atoms with E-state index in [1.165, 1.54) is 56.1 Å². The molecule has 1 heterocycles. The molecule has 0 fully saturated rings. The summed E-state index contributed by atoms with van der Waals surface area (Å²) < 4.78 is 5.74. The molecule has 0 radical (unpaired) electrons. The highest BCUT2D eigenvalue weighted by Gasteiger charge is 2.19. The van der Waals surface area contributed by atoms with E-state index in [-0.39, 0.29) is 6.04 Å². The number of hydrogen-bond donors (Lipinski definition) is 1. The number of fused-ring (bicyclic) bond motifs is 1. The minimum atomic E-state index is 0.138. The van der Waals surface area contributed by atoms with Gasteiger partial charge < -0.3 is 10.5 Å². The highest BCUT2D eigenvalue weighted by Crippen LogP contribution is 2.34. The average molecular weight is 275 g/mol. The van der Waals surface area contributed by atoms with Gasteiger partial charge in [-0.25, -0.2) is 0 Å². The number of hydrogen-bond acceptors (Lipinski definition) is 2. The van der Waals surface area contributed by atoms with Gasteiger partial charge in [0.05, 0.1) is 6.61 Å². The Morgan fingerprint density at radius 1 is 1.10 bits per heavy atom. The van der Waals surface area contributed by atoms with Gasteiger partial charge >= 0.3 is 0 Å². The van der Waals surface area contributed by atoms with Crippen LogP contribution in [-0.2, 0) is 6.42 Å². The molecular weight excluding hydrogens is 246 g/mol. The van der Waals surface area contributed by atoms with Crippen LogP contribution < -0.4 is 10.5 Å². The van der Waals surface area contributed by atoms with Crippen LogP contribution in [0.2, 0.25) is 0 Å². The van der Waals surface area contributed by atoms with Crippen LogP contribution in [0.5, 0.6) is 5.75 Å². The topological polar surface area (TPSA) is 35.2 Å². The summed E-state index contributed by atoms with van der Waals surface area (Å²) in [7, 11) is 0. The van der Waals surface area contributed by atoms with E-state index in [1.54, 1.807) is 0 Å². The Balaban J connectivity index is 1.70. The maximum Gasteiger partial charge on any atom is 0.127 e. The number of para-hydroxylation sites is 1. The second-order valence-corrected chi connectivity index (χ2v) is 5.95. The van der Waals surface area contributed by atoms with Crippen molar-refractivity contribution in [3.63, 3.8) is 0 Å². The number of nitrogens with two attached hydrogens (primary N) is 1. The summed E-state index contributed by atoms with van der Waals surface area (Å²) in [5, 5.41) is 0. The predicted octanol–water partition coefficient (Wildman–Crippen LogP) is 4.76. The molecule has 1 aliphatic heterocycles. The Morgan fingerprint density at radius 3 is 2.65 bits per heavy atom. The van der Waals surface area contributed by atoms with Gasteiger partial charge in [0, 0.05) is 18.0 Å². The molecular formula is C18H29NO. The second-order valence-electron chi connectivity index (χ2n) is 5.95. The van der Waals surface area contributed by atoms with E-state index in [2.05, 4.69) is 25.1 Å². The molecule has 1 atom stereocenters. The van der Waals surface area contributed by atoms with Gasteiger partial charge in [0.1, 0.15) is 5.75 Å². The maximum atomic E-state index is 6.35. The van der Waals surface area contributed by atoms with E-state index in [0.29, 0.717) is 0 Å². The van der Waals surface area contributed by atoms with Gasteiger partial charge in [0.25, 0.3) is 0 Å². The van der Waals surface area contributed by atoms with Crippen molar-refractivity contribution in [2.45, 2.75) is 70.8 Å². The molecule has 0 bridgehead atoms. The number of unbranched alkanes of at least 4 members (excludes halogenated alkanes) is 6. The van der Waals surface area contributed by atoms with Crippen molar-refractivity contribution in [1.29, 1.82) is 0 Å². The lowest BCUT2D eigenvalue weighted by molar-refractivity contribution is 0.350. The zero-order valence-electron chi connectivity index (χ0n) is 12.9. The summed E-state index contributed by atoms with van der Waals surface area (Å²) in [6.07, 6.45) is 11.5. The van der Waals surface area contributed by atoms with Crippen LogP contribution in [0.3, 0.4) is 0 Å². The standard InChI is InChI=1S/C18H29NO/c1-2-3-4-5-6-7-8-12-17(19)16-11-9-10-15-13-14-20-18(15)16/h9-11,17H,2-8,12-14,19H2,1H3. The monoisotopic (exact) mass is 275 g/mol. The molecule has 0 saturated carbocycles. The third-order valence-corrected chi connectivity index (χ3v) is 4.26. The van der Waals surface area contributed by atoms with Crippen LogP contribution in [0.4, 0.5) is 0 Å². The average Bonchev–Trinajstić information content (AvgIpc) is 2.94. The van der Waals surface area contributed by atoms with Gasteiger partial charge in [-0.3, -0.25) is 0 Å². The summed E-state index contributed by atoms with van der Waals surface area (Å²) in [6.45, 7) is 3.08. The Bertz CT molecular complexity index is 402. The van der Waals surface area contributed by atoms with Gasteiger partial charge in [-0.05, 0) is 12.0 Å². The molecule has 0 saturated heterocycles. The third kappa shape index (κ3) is 4.24. The van der Waals surface area contributed by atoms with E-state index in [1.807, 2.05) is 0 Å². The molecule has 2 nitrogen and oxygen atoms in total. The van der Waals surface area contributed by atoms with E-state index < -0.39 is 0 Å². The SMILES string of the molecule is CCCCCCCCCC(N)c1cccc2c1OCC2. The lowest BCUT2D eigenvalue weighted by Crippen LogP contribution is -2.11. The van der Waals surface area contributed by atoms with Crippen molar-refractivity contribution >= 4 is 0 Å².